The maximum Gasteiger partial charge on any atom is 0.290 e. The maximum absolute atomic E-state index is 8.36. The highest BCUT2D eigenvalue weighted by Gasteiger charge is 2.20. The molecule has 0 heterocycles. The molecule has 0 unspecified atom stereocenters. The van der Waals surface area contributed by atoms with Crippen LogP contribution in [0.2, 0.25) is 0 Å². The average molecular weight is 167 g/mol. The first-order valence-corrected chi connectivity index (χ1v) is 2.79. The predicted octanol–water partition coefficient (Wildman–Crippen LogP) is -2.64. The molecule has 11 heavy (non-hydrogen) atoms. The summed E-state index contributed by atoms with van der Waals surface area (Å²) in [5.74, 6) is 0. The largest absolute Gasteiger partial charge is 0.483 e. The van der Waals surface area contributed by atoms with E-state index in [1.54, 1.807) is 0 Å². The van der Waals surface area contributed by atoms with Crippen molar-refractivity contribution < 1.29 is 25.2 Å². The van der Waals surface area contributed by atoms with E-state index in [0.29, 0.717) is 0 Å². The van der Waals surface area contributed by atoms with Crippen LogP contribution >= 0.6 is 0 Å². The van der Waals surface area contributed by atoms with Crippen LogP contribution in [0.5, 0.6) is 0 Å². The first-order chi connectivity index (χ1) is 5.10. The predicted molar refractivity (Wildman–Crippen MR) is 36.9 cm³/mol. The standard InChI is InChI=1S/C4H11NO3.CH2O2/c5-4(1-6,2-7)3-8;2-1-3/h6-8H,1-3,5H2;1H,(H,2,3). The van der Waals surface area contributed by atoms with Crippen LogP contribution < -0.4 is 5.73 Å². The van der Waals surface area contributed by atoms with E-state index in [1.807, 2.05) is 0 Å². The SMILES string of the molecule is NC(CO)(CO)CO.O=CO. The lowest BCUT2D eigenvalue weighted by Gasteiger charge is -2.20. The van der Waals surface area contributed by atoms with Crippen molar-refractivity contribution in [2.24, 2.45) is 5.73 Å². The molecular formula is C5H13NO5. The number of carboxylic acid groups (broad SMARTS) is 1. The second-order valence-corrected chi connectivity index (χ2v) is 1.94. The van der Waals surface area contributed by atoms with Crippen LogP contribution in [0.3, 0.4) is 0 Å². The monoisotopic (exact) mass is 167 g/mol. The van der Waals surface area contributed by atoms with Crippen molar-refractivity contribution >= 4 is 6.47 Å². The van der Waals surface area contributed by atoms with Crippen LogP contribution in [0.25, 0.3) is 0 Å². The van der Waals surface area contributed by atoms with Gasteiger partial charge in [0.1, 0.15) is 0 Å². The highest BCUT2D eigenvalue weighted by molar-refractivity contribution is 5.32. The maximum atomic E-state index is 8.36. The molecule has 6 N–H and O–H groups in total. The summed E-state index contributed by atoms with van der Waals surface area (Å²) in [6.45, 7) is -1.46. The summed E-state index contributed by atoms with van der Waals surface area (Å²) in [7, 11) is 0. The van der Waals surface area contributed by atoms with Gasteiger partial charge in [0, 0.05) is 0 Å². The third kappa shape index (κ3) is 7.20. The highest BCUT2D eigenvalue weighted by Crippen LogP contribution is 1.93. The molecule has 6 heteroatoms. The Balaban J connectivity index is 0. The molecule has 6 nitrogen and oxygen atoms in total. The summed E-state index contributed by atoms with van der Waals surface area (Å²) in [6, 6.07) is 0. The lowest BCUT2D eigenvalue weighted by atomic mass is 10.1. The minimum atomic E-state index is -1.21. The van der Waals surface area contributed by atoms with Gasteiger partial charge in [-0.15, -0.1) is 0 Å². The van der Waals surface area contributed by atoms with Crippen molar-refractivity contribution in [2.45, 2.75) is 5.54 Å². The van der Waals surface area contributed by atoms with Gasteiger partial charge >= 0.3 is 0 Å². The van der Waals surface area contributed by atoms with Gasteiger partial charge in [-0.1, -0.05) is 0 Å². The molecule has 0 fully saturated rings. The summed E-state index contributed by atoms with van der Waals surface area (Å²) < 4.78 is 0. The highest BCUT2D eigenvalue weighted by atomic mass is 16.3. The van der Waals surface area contributed by atoms with Gasteiger partial charge < -0.3 is 26.2 Å². The molecule has 0 radical (unpaired) electrons. The van der Waals surface area contributed by atoms with Crippen molar-refractivity contribution in [1.29, 1.82) is 0 Å². The Morgan fingerprint density at radius 1 is 1.18 bits per heavy atom. The molecule has 0 bridgehead atoms. The van der Waals surface area contributed by atoms with E-state index in [-0.39, 0.29) is 6.47 Å². The fraction of sp³-hybridized carbons (Fsp3) is 0.800. The lowest BCUT2D eigenvalue weighted by molar-refractivity contribution is -0.122. The van der Waals surface area contributed by atoms with E-state index in [0.717, 1.165) is 0 Å². The minimum Gasteiger partial charge on any atom is -0.483 e. The summed E-state index contributed by atoms with van der Waals surface area (Å²) in [5, 5.41) is 31.9. The van der Waals surface area contributed by atoms with E-state index >= 15 is 0 Å². The number of hydrogen-bond donors (Lipinski definition) is 5. The average Bonchev–Trinajstić information content (AvgIpc) is 2.05. The molecule has 0 amide bonds. The summed E-state index contributed by atoms with van der Waals surface area (Å²) in [5.41, 5.74) is 3.94. The molecule has 0 aromatic rings. The van der Waals surface area contributed by atoms with E-state index < -0.39 is 25.4 Å². The second kappa shape index (κ2) is 7.42. The normalized spacial score (nSPS) is 9.82. The zero-order chi connectivity index (χ0) is 9.33. The Morgan fingerprint density at radius 2 is 1.36 bits per heavy atom. The fourth-order valence-corrected chi connectivity index (χ4v) is 0.150. The first-order valence-electron chi connectivity index (χ1n) is 2.79. The van der Waals surface area contributed by atoms with Gasteiger partial charge in [0.15, 0.2) is 0 Å². The van der Waals surface area contributed by atoms with Crippen molar-refractivity contribution in [2.75, 3.05) is 19.8 Å². The molecular weight excluding hydrogens is 154 g/mol. The van der Waals surface area contributed by atoms with Crippen LogP contribution in [0.1, 0.15) is 0 Å². The molecule has 0 rings (SSSR count). The summed E-state index contributed by atoms with van der Waals surface area (Å²) in [4.78, 5) is 8.36. The molecule has 0 aliphatic carbocycles. The Kier molecular flexibility index (Phi) is 8.73. The molecule has 0 aliphatic rings. The third-order valence-corrected chi connectivity index (χ3v) is 0.945. The number of rotatable bonds is 3. The zero-order valence-electron chi connectivity index (χ0n) is 5.97. The first kappa shape index (κ1) is 12.9. The van der Waals surface area contributed by atoms with Crippen LogP contribution in [0.4, 0.5) is 0 Å². The lowest BCUT2D eigenvalue weighted by Crippen LogP contribution is -2.50. The van der Waals surface area contributed by atoms with Crippen molar-refractivity contribution in [1.82, 2.24) is 0 Å². The van der Waals surface area contributed by atoms with Gasteiger partial charge in [0.05, 0.1) is 25.4 Å². The quantitative estimate of drug-likeness (QED) is 0.293. The van der Waals surface area contributed by atoms with Crippen molar-refractivity contribution in [3.05, 3.63) is 0 Å². The molecule has 0 saturated carbocycles. The Hall–Kier alpha value is -0.690. The smallest absolute Gasteiger partial charge is 0.290 e. The van der Waals surface area contributed by atoms with Gasteiger partial charge in [-0.3, -0.25) is 4.79 Å². The number of carbonyl (C=O) groups is 1. The van der Waals surface area contributed by atoms with Crippen molar-refractivity contribution in [3.63, 3.8) is 0 Å². The van der Waals surface area contributed by atoms with Gasteiger partial charge in [-0.05, 0) is 0 Å². The van der Waals surface area contributed by atoms with Gasteiger partial charge in [0.2, 0.25) is 0 Å². The molecule has 0 spiro atoms. The van der Waals surface area contributed by atoms with E-state index in [1.165, 1.54) is 0 Å². The molecule has 0 aliphatic heterocycles. The Bertz CT molecular complexity index is 84.6. The van der Waals surface area contributed by atoms with Gasteiger partial charge in [-0.2, -0.15) is 0 Å². The van der Waals surface area contributed by atoms with Crippen molar-refractivity contribution in [3.8, 4) is 0 Å². The number of nitrogens with two attached hydrogens (primary N) is 1. The van der Waals surface area contributed by atoms with E-state index in [9.17, 15) is 0 Å². The Labute approximate surface area is 63.9 Å². The summed E-state index contributed by atoms with van der Waals surface area (Å²) >= 11 is 0. The van der Waals surface area contributed by atoms with E-state index in [4.69, 9.17) is 31.0 Å². The third-order valence-electron chi connectivity index (χ3n) is 0.945. The topological polar surface area (TPSA) is 124 Å². The molecule has 68 valence electrons. The minimum absolute atomic E-state index is 0.250. The van der Waals surface area contributed by atoms with Crippen LogP contribution in [-0.4, -0.2) is 52.3 Å². The molecule has 0 atom stereocenters. The molecule has 0 saturated heterocycles. The second-order valence-electron chi connectivity index (χ2n) is 1.94. The summed E-state index contributed by atoms with van der Waals surface area (Å²) in [6.07, 6.45) is 0. The van der Waals surface area contributed by atoms with Crippen LogP contribution in [0, 0.1) is 0 Å². The Morgan fingerprint density at radius 3 is 1.36 bits per heavy atom. The van der Waals surface area contributed by atoms with Gasteiger partial charge in [-0.25, -0.2) is 0 Å². The fourth-order valence-electron chi connectivity index (χ4n) is 0.150. The van der Waals surface area contributed by atoms with E-state index in [2.05, 4.69) is 0 Å². The number of aliphatic hydroxyl groups excluding tert-OH is 3. The molecule has 0 aromatic heterocycles. The molecule has 0 aromatic carbocycles. The zero-order valence-corrected chi connectivity index (χ0v) is 5.97. The van der Waals surface area contributed by atoms with Crippen LogP contribution in [-0.2, 0) is 4.79 Å². The number of aliphatic hydroxyl groups is 3. The number of hydrogen-bond acceptors (Lipinski definition) is 5. The van der Waals surface area contributed by atoms with Gasteiger partial charge in [0.25, 0.3) is 6.47 Å². The van der Waals surface area contributed by atoms with Crippen LogP contribution in [0.15, 0.2) is 0 Å².